The van der Waals surface area contributed by atoms with Crippen molar-refractivity contribution in [1.82, 2.24) is 4.90 Å². The van der Waals surface area contributed by atoms with E-state index in [0.29, 0.717) is 18.6 Å². The van der Waals surface area contributed by atoms with Crippen molar-refractivity contribution in [3.05, 3.63) is 29.8 Å². The summed E-state index contributed by atoms with van der Waals surface area (Å²) in [6.45, 7) is 2.53. The van der Waals surface area contributed by atoms with Gasteiger partial charge in [-0.15, -0.1) is 0 Å². The first-order chi connectivity index (χ1) is 9.61. The number of amides is 2. The molecule has 1 heterocycles. The van der Waals surface area contributed by atoms with E-state index in [1.54, 1.807) is 24.3 Å². The van der Waals surface area contributed by atoms with Crippen molar-refractivity contribution in [2.45, 2.75) is 19.4 Å². The van der Waals surface area contributed by atoms with Gasteiger partial charge in [0, 0.05) is 0 Å². The number of carbonyl (C=O) groups is 2. The summed E-state index contributed by atoms with van der Waals surface area (Å²) in [4.78, 5) is 24.9. The van der Waals surface area contributed by atoms with Crippen LogP contribution in [0.4, 0.5) is 0 Å². The van der Waals surface area contributed by atoms with E-state index in [4.69, 9.17) is 4.74 Å². The Kier molecular flexibility index (Phi) is 3.22. The number of nitrogens with zero attached hydrogens (tertiary/aromatic N) is 1. The number of hydrogen-bond donors (Lipinski definition) is 1. The molecule has 3 rings (SSSR count). The van der Waals surface area contributed by atoms with E-state index in [-0.39, 0.29) is 30.2 Å². The summed E-state index contributed by atoms with van der Waals surface area (Å²) in [6.07, 6.45) is -0.163. The molecule has 2 amide bonds. The highest BCUT2D eigenvalue weighted by Crippen LogP contribution is 2.47. The van der Waals surface area contributed by atoms with Crippen LogP contribution in [0, 0.1) is 11.8 Å². The van der Waals surface area contributed by atoms with Crippen LogP contribution >= 0.6 is 0 Å². The number of hydrogen-bond acceptors (Lipinski definition) is 4. The summed E-state index contributed by atoms with van der Waals surface area (Å²) in [7, 11) is 0. The third kappa shape index (κ3) is 2.18. The Morgan fingerprint density at radius 3 is 2.40 bits per heavy atom. The number of aliphatic hydroxyl groups is 1. The van der Waals surface area contributed by atoms with Crippen LogP contribution in [0.3, 0.4) is 0 Å². The number of carbonyl (C=O) groups excluding carboxylic acids is 2. The number of ether oxygens (including phenoxy) is 1. The van der Waals surface area contributed by atoms with Gasteiger partial charge in [-0.1, -0.05) is 12.1 Å². The molecule has 5 nitrogen and oxygen atoms in total. The van der Waals surface area contributed by atoms with Gasteiger partial charge in [0.05, 0.1) is 31.1 Å². The zero-order valence-corrected chi connectivity index (χ0v) is 11.3. The minimum atomic E-state index is -0.851. The molecule has 0 spiro atoms. The lowest BCUT2D eigenvalue weighted by Crippen LogP contribution is -2.36. The Balaban J connectivity index is 1.65. The number of β-amino-alcohol motifs (C(OH)–C–C–N with tert-alkyl or cyclic N) is 1. The van der Waals surface area contributed by atoms with Gasteiger partial charge in [-0.3, -0.25) is 14.5 Å². The van der Waals surface area contributed by atoms with E-state index in [1.807, 2.05) is 6.92 Å². The highest BCUT2D eigenvalue weighted by Gasteiger charge is 2.58. The van der Waals surface area contributed by atoms with Gasteiger partial charge in [-0.2, -0.15) is 0 Å². The van der Waals surface area contributed by atoms with Crippen LogP contribution < -0.4 is 4.74 Å². The molecule has 1 aliphatic heterocycles. The molecule has 1 aromatic carbocycles. The zero-order valence-electron chi connectivity index (χ0n) is 11.3. The fourth-order valence-electron chi connectivity index (χ4n) is 2.66. The number of likely N-dealkylation sites (tertiary alicyclic amines) is 1. The third-order valence-corrected chi connectivity index (χ3v) is 3.89. The van der Waals surface area contributed by atoms with Crippen LogP contribution in [0.15, 0.2) is 24.3 Å². The lowest BCUT2D eigenvalue weighted by Gasteiger charge is -2.20. The molecule has 3 unspecified atom stereocenters. The largest absolute Gasteiger partial charge is 0.494 e. The zero-order chi connectivity index (χ0) is 14.3. The van der Waals surface area contributed by atoms with Gasteiger partial charge < -0.3 is 9.84 Å². The van der Waals surface area contributed by atoms with E-state index < -0.39 is 6.10 Å². The number of aliphatic hydroxyl groups excluding tert-OH is 1. The minimum Gasteiger partial charge on any atom is -0.494 e. The quantitative estimate of drug-likeness (QED) is 0.818. The maximum Gasteiger partial charge on any atom is 0.233 e. The highest BCUT2D eigenvalue weighted by atomic mass is 16.5. The first kappa shape index (κ1) is 13.1. The van der Waals surface area contributed by atoms with Gasteiger partial charge in [0.2, 0.25) is 11.8 Å². The van der Waals surface area contributed by atoms with Crippen molar-refractivity contribution in [2.24, 2.45) is 11.8 Å². The molecule has 1 aromatic rings. The van der Waals surface area contributed by atoms with Crippen LogP contribution in [0.1, 0.15) is 25.0 Å². The van der Waals surface area contributed by atoms with E-state index in [0.717, 1.165) is 5.75 Å². The minimum absolute atomic E-state index is 0.0403. The van der Waals surface area contributed by atoms with Crippen molar-refractivity contribution >= 4 is 11.8 Å². The summed E-state index contributed by atoms with van der Waals surface area (Å²) < 4.78 is 5.33. The number of imide groups is 1. The van der Waals surface area contributed by atoms with Crippen molar-refractivity contribution in [3.63, 3.8) is 0 Å². The Labute approximate surface area is 117 Å². The third-order valence-electron chi connectivity index (χ3n) is 3.89. The summed E-state index contributed by atoms with van der Waals surface area (Å²) in [6, 6.07) is 7.04. The van der Waals surface area contributed by atoms with Gasteiger partial charge >= 0.3 is 0 Å². The predicted octanol–water partition coefficient (Wildman–Crippen LogP) is 1.12. The average molecular weight is 275 g/mol. The smallest absolute Gasteiger partial charge is 0.233 e. The van der Waals surface area contributed by atoms with E-state index >= 15 is 0 Å². The normalized spacial score (nSPS) is 25.6. The van der Waals surface area contributed by atoms with Gasteiger partial charge in [-0.25, -0.2) is 0 Å². The van der Waals surface area contributed by atoms with Crippen molar-refractivity contribution in [1.29, 1.82) is 0 Å². The standard InChI is InChI=1S/C15H17NO4/c1-2-20-10-5-3-9(4-6-10)13(17)8-16-14(18)11-7-12(11)15(16)19/h3-6,11-13,17H,2,7-8H2,1H3. The Hall–Kier alpha value is -1.88. The first-order valence-corrected chi connectivity index (χ1v) is 6.88. The maximum atomic E-state index is 11.8. The molecule has 106 valence electrons. The predicted molar refractivity (Wildman–Crippen MR) is 70.9 cm³/mol. The van der Waals surface area contributed by atoms with Crippen LogP contribution in [0.2, 0.25) is 0 Å². The molecule has 1 saturated carbocycles. The lowest BCUT2D eigenvalue weighted by atomic mass is 10.1. The maximum absolute atomic E-state index is 11.8. The number of benzene rings is 1. The summed E-state index contributed by atoms with van der Waals surface area (Å²) >= 11 is 0. The number of fused-ring (bicyclic) bond motifs is 1. The number of piperidine rings is 1. The fraction of sp³-hybridized carbons (Fsp3) is 0.467. The van der Waals surface area contributed by atoms with E-state index in [1.165, 1.54) is 4.90 Å². The second-order valence-corrected chi connectivity index (χ2v) is 5.25. The molecule has 0 bridgehead atoms. The van der Waals surface area contributed by atoms with E-state index in [9.17, 15) is 14.7 Å². The highest BCUT2D eigenvalue weighted by molar-refractivity contribution is 6.08. The Morgan fingerprint density at radius 2 is 1.85 bits per heavy atom. The summed E-state index contributed by atoms with van der Waals surface area (Å²) in [5.74, 6) is 0.234. The summed E-state index contributed by atoms with van der Waals surface area (Å²) in [5, 5.41) is 10.2. The summed E-state index contributed by atoms with van der Waals surface area (Å²) in [5.41, 5.74) is 0.676. The SMILES string of the molecule is CCOc1ccc(C(O)CN2C(=O)C3CC3C2=O)cc1. The molecule has 2 aliphatic rings. The fourth-order valence-corrected chi connectivity index (χ4v) is 2.66. The van der Waals surface area contributed by atoms with Crippen LogP contribution in [-0.2, 0) is 9.59 Å². The topological polar surface area (TPSA) is 66.8 Å². The molecular weight excluding hydrogens is 258 g/mol. The van der Waals surface area contributed by atoms with Crippen molar-refractivity contribution in [2.75, 3.05) is 13.2 Å². The van der Waals surface area contributed by atoms with Gasteiger partial charge in [0.1, 0.15) is 5.75 Å². The lowest BCUT2D eigenvalue weighted by molar-refractivity contribution is -0.143. The molecule has 3 atom stereocenters. The molecule has 20 heavy (non-hydrogen) atoms. The Morgan fingerprint density at radius 1 is 1.25 bits per heavy atom. The Bertz CT molecular complexity index is 519. The molecular formula is C15H17NO4. The van der Waals surface area contributed by atoms with Gasteiger partial charge in [0.25, 0.3) is 0 Å². The molecule has 1 N–H and O–H groups in total. The van der Waals surface area contributed by atoms with Gasteiger partial charge in [0.15, 0.2) is 0 Å². The van der Waals surface area contributed by atoms with Crippen LogP contribution in [0.5, 0.6) is 5.75 Å². The molecule has 2 fully saturated rings. The van der Waals surface area contributed by atoms with Crippen molar-refractivity contribution < 1.29 is 19.4 Å². The monoisotopic (exact) mass is 275 g/mol. The van der Waals surface area contributed by atoms with Crippen molar-refractivity contribution in [3.8, 4) is 5.75 Å². The second-order valence-electron chi connectivity index (χ2n) is 5.25. The first-order valence-electron chi connectivity index (χ1n) is 6.88. The average Bonchev–Trinajstić information content (AvgIpc) is 3.20. The molecule has 0 radical (unpaired) electrons. The van der Waals surface area contributed by atoms with E-state index in [2.05, 4.69) is 0 Å². The van der Waals surface area contributed by atoms with Crippen LogP contribution in [0.25, 0.3) is 0 Å². The molecule has 0 aromatic heterocycles. The molecule has 5 heteroatoms. The second kappa shape index (κ2) is 4.90. The number of rotatable bonds is 5. The van der Waals surface area contributed by atoms with Crippen LogP contribution in [-0.4, -0.2) is 35.0 Å². The van der Waals surface area contributed by atoms with Gasteiger partial charge in [-0.05, 0) is 31.0 Å². The molecule has 1 saturated heterocycles. The molecule has 1 aliphatic carbocycles.